The number of aromatic amines is 1. The van der Waals surface area contributed by atoms with E-state index >= 15 is 0 Å². The number of imidazole rings is 1. The molecule has 0 bridgehead atoms. The fraction of sp³-hybridized carbons (Fsp3) is 0.120. The molecule has 2 N–H and O–H groups in total. The van der Waals surface area contributed by atoms with Gasteiger partial charge in [-0.2, -0.15) is 0 Å². The molecule has 5 aromatic rings. The molecule has 0 saturated carbocycles. The van der Waals surface area contributed by atoms with Crippen molar-refractivity contribution >= 4 is 26.7 Å². The first-order valence-electron chi connectivity index (χ1n) is 10.8. The average molecular weight is 490 g/mol. The smallest absolute Gasteiger partial charge is 0.296 e. The second-order valence-electron chi connectivity index (χ2n) is 8.03. The first-order chi connectivity index (χ1) is 16.8. The number of ether oxygens (including phenoxy) is 1. The number of hydrogen-bond donors (Lipinski definition) is 2. The molecule has 0 spiro atoms. The maximum absolute atomic E-state index is 13.2. The van der Waals surface area contributed by atoms with Crippen LogP contribution < -0.4 is 15.0 Å². The molecule has 0 atom stereocenters. The van der Waals surface area contributed by atoms with Crippen molar-refractivity contribution in [2.45, 2.75) is 11.8 Å². The van der Waals surface area contributed by atoms with E-state index in [9.17, 15) is 13.2 Å². The average Bonchev–Trinajstić information content (AvgIpc) is 3.39. The third-order valence-corrected chi connectivity index (χ3v) is 7.27. The van der Waals surface area contributed by atoms with Crippen LogP contribution in [-0.2, 0) is 17.1 Å². The van der Waals surface area contributed by atoms with E-state index in [0.717, 1.165) is 11.3 Å². The molecule has 0 aliphatic heterocycles. The number of nitrogens with one attached hydrogen (secondary N) is 2. The Hall–Kier alpha value is -4.31. The molecule has 0 fully saturated rings. The van der Waals surface area contributed by atoms with Crippen LogP contribution in [0.3, 0.4) is 0 Å². The van der Waals surface area contributed by atoms with Gasteiger partial charge in [-0.1, -0.05) is 18.2 Å². The second-order valence-corrected chi connectivity index (χ2v) is 9.72. The molecule has 2 aromatic heterocycles. The Morgan fingerprint density at radius 1 is 1.00 bits per heavy atom. The molecular weight excluding hydrogens is 466 g/mol. The van der Waals surface area contributed by atoms with Crippen molar-refractivity contribution in [2.75, 3.05) is 11.8 Å². The van der Waals surface area contributed by atoms with Crippen LogP contribution in [0, 0.1) is 6.92 Å². The summed E-state index contributed by atoms with van der Waals surface area (Å²) < 4.78 is 37.2. The minimum atomic E-state index is -4.04. The third kappa shape index (κ3) is 3.97. The molecule has 3 aromatic carbocycles. The molecule has 0 radical (unpaired) electrons. The fourth-order valence-corrected chi connectivity index (χ4v) is 5.06. The Labute approximate surface area is 201 Å². The van der Waals surface area contributed by atoms with Gasteiger partial charge in [0.25, 0.3) is 15.6 Å². The van der Waals surface area contributed by atoms with Crippen LogP contribution >= 0.6 is 0 Å². The molecule has 10 heteroatoms. The molecule has 0 aliphatic carbocycles. The summed E-state index contributed by atoms with van der Waals surface area (Å²) in [5.41, 5.74) is 2.70. The minimum Gasteiger partial charge on any atom is -0.497 e. The highest BCUT2D eigenvalue weighted by molar-refractivity contribution is 7.92. The number of para-hydroxylation sites is 1. The number of sulfonamides is 1. The van der Waals surface area contributed by atoms with E-state index in [4.69, 9.17) is 4.74 Å². The summed E-state index contributed by atoms with van der Waals surface area (Å²) in [5, 5.41) is 0. The van der Waals surface area contributed by atoms with Gasteiger partial charge in [-0.3, -0.25) is 14.2 Å². The summed E-state index contributed by atoms with van der Waals surface area (Å²) in [4.78, 5) is 20.9. The Balaban J connectivity index is 1.50. The lowest BCUT2D eigenvalue weighted by Crippen LogP contribution is -2.23. The number of anilines is 1. The van der Waals surface area contributed by atoms with Gasteiger partial charge in [0.2, 0.25) is 0 Å². The van der Waals surface area contributed by atoms with Crippen LogP contribution in [-0.4, -0.2) is 34.9 Å². The molecule has 35 heavy (non-hydrogen) atoms. The molecule has 178 valence electrons. The van der Waals surface area contributed by atoms with Crippen LogP contribution in [0.5, 0.6) is 5.75 Å². The minimum absolute atomic E-state index is 0.0000161. The molecule has 5 rings (SSSR count). The van der Waals surface area contributed by atoms with Gasteiger partial charge < -0.3 is 9.72 Å². The van der Waals surface area contributed by atoms with Crippen molar-refractivity contribution in [1.82, 2.24) is 19.3 Å². The van der Waals surface area contributed by atoms with Gasteiger partial charge in [-0.05, 0) is 61.5 Å². The van der Waals surface area contributed by atoms with Crippen molar-refractivity contribution in [3.63, 3.8) is 0 Å². The number of nitrogens with zero attached hydrogens (tertiary/aromatic N) is 3. The highest BCUT2D eigenvalue weighted by Crippen LogP contribution is 2.25. The van der Waals surface area contributed by atoms with Gasteiger partial charge in [0.1, 0.15) is 17.3 Å². The number of fused-ring (bicyclic) bond motifs is 1. The Morgan fingerprint density at radius 2 is 1.71 bits per heavy atom. The van der Waals surface area contributed by atoms with Crippen LogP contribution in [0.15, 0.2) is 82.5 Å². The van der Waals surface area contributed by atoms with Gasteiger partial charge in [0.05, 0.1) is 34.4 Å². The van der Waals surface area contributed by atoms with Crippen LogP contribution in [0.1, 0.15) is 5.69 Å². The van der Waals surface area contributed by atoms with Crippen molar-refractivity contribution in [1.29, 1.82) is 0 Å². The van der Waals surface area contributed by atoms with Crippen molar-refractivity contribution < 1.29 is 13.2 Å². The number of rotatable bonds is 6. The maximum Gasteiger partial charge on any atom is 0.296 e. The van der Waals surface area contributed by atoms with E-state index in [1.54, 1.807) is 44.0 Å². The normalized spacial score (nSPS) is 11.6. The lowest BCUT2D eigenvalue weighted by molar-refractivity contribution is 0.415. The van der Waals surface area contributed by atoms with Crippen LogP contribution in [0.4, 0.5) is 5.69 Å². The summed E-state index contributed by atoms with van der Waals surface area (Å²) in [7, 11) is -0.736. The van der Waals surface area contributed by atoms with E-state index in [1.807, 2.05) is 42.5 Å². The zero-order chi connectivity index (χ0) is 24.7. The highest BCUT2D eigenvalue weighted by Gasteiger charge is 2.23. The first kappa shape index (κ1) is 22.5. The lowest BCUT2D eigenvalue weighted by Gasteiger charge is -2.07. The predicted octanol–water partition coefficient (Wildman–Crippen LogP) is 3.84. The van der Waals surface area contributed by atoms with Crippen LogP contribution in [0.25, 0.3) is 28.1 Å². The fourth-order valence-electron chi connectivity index (χ4n) is 3.92. The van der Waals surface area contributed by atoms with Gasteiger partial charge in [0, 0.05) is 12.6 Å². The largest absolute Gasteiger partial charge is 0.497 e. The molecular formula is C25H23N5O4S. The summed E-state index contributed by atoms with van der Waals surface area (Å²) in [5.74, 6) is 1.33. The van der Waals surface area contributed by atoms with E-state index in [-0.39, 0.29) is 10.6 Å². The molecule has 0 saturated heterocycles. The molecule has 0 aliphatic rings. The molecule has 0 amide bonds. The molecule has 9 nitrogen and oxygen atoms in total. The number of aromatic nitrogens is 4. The molecule has 2 heterocycles. The van der Waals surface area contributed by atoms with E-state index in [0.29, 0.717) is 28.2 Å². The monoisotopic (exact) mass is 489 g/mol. The third-order valence-electron chi connectivity index (χ3n) is 5.92. The Morgan fingerprint density at radius 3 is 2.40 bits per heavy atom. The Kier molecular flexibility index (Phi) is 5.45. The van der Waals surface area contributed by atoms with Gasteiger partial charge >= 0.3 is 0 Å². The van der Waals surface area contributed by atoms with E-state index in [2.05, 4.69) is 14.7 Å². The van der Waals surface area contributed by atoms with E-state index in [1.165, 1.54) is 16.8 Å². The van der Waals surface area contributed by atoms with Crippen molar-refractivity contribution in [2.24, 2.45) is 7.05 Å². The topological polar surface area (TPSA) is 111 Å². The van der Waals surface area contributed by atoms with Crippen molar-refractivity contribution in [3.05, 3.63) is 88.8 Å². The number of methoxy groups -OCH3 is 1. The van der Waals surface area contributed by atoms with E-state index < -0.39 is 15.6 Å². The van der Waals surface area contributed by atoms with Gasteiger partial charge in [-0.25, -0.2) is 18.1 Å². The van der Waals surface area contributed by atoms with Gasteiger partial charge in [-0.15, -0.1) is 0 Å². The maximum atomic E-state index is 13.2. The zero-order valence-corrected chi connectivity index (χ0v) is 20.1. The number of benzene rings is 3. The molecule has 0 unspecified atom stereocenters. The number of H-pyrrole nitrogens is 1. The summed E-state index contributed by atoms with van der Waals surface area (Å²) in [6.45, 7) is 1.69. The quantitative estimate of drug-likeness (QED) is 0.377. The zero-order valence-electron chi connectivity index (χ0n) is 19.3. The van der Waals surface area contributed by atoms with Gasteiger partial charge in [0.15, 0.2) is 0 Å². The lowest BCUT2D eigenvalue weighted by atomic mass is 10.2. The highest BCUT2D eigenvalue weighted by atomic mass is 32.2. The van der Waals surface area contributed by atoms with Crippen LogP contribution in [0.2, 0.25) is 0 Å². The second kappa shape index (κ2) is 8.48. The number of hydrogen-bond acceptors (Lipinski definition) is 5. The first-order valence-corrected chi connectivity index (χ1v) is 12.3. The van der Waals surface area contributed by atoms with Crippen molar-refractivity contribution in [3.8, 4) is 22.8 Å². The predicted molar refractivity (Wildman–Crippen MR) is 135 cm³/mol. The standard InChI is InChI=1S/C25H23N5O4S/c1-16-23(25(31)30(29(16)2)18-7-5-4-6-8-18)28-35(32,33)20-13-14-21-22(15-20)27-24(26-21)17-9-11-19(34-3)12-10-17/h4-15,28H,1-3H3,(H,26,27). The summed E-state index contributed by atoms with van der Waals surface area (Å²) in [6.07, 6.45) is 0. The summed E-state index contributed by atoms with van der Waals surface area (Å²) >= 11 is 0. The SMILES string of the molecule is COc1ccc(-c2nc3ccc(S(=O)(=O)Nc4c(C)n(C)n(-c5ccccc5)c4=O)cc3[nH]2)cc1. The Bertz CT molecular complexity index is 1700. The summed E-state index contributed by atoms with van der Waals surface area (Å²) in [6, 6.07) is 21.0.